The van der Waals surface area contributed by atoms with Gasteiger partial charge in [-0.25, -0.2) is 4.79 Å². The number of carboxylic acids is 1. The smallest absolute Gasteiger partial charge is 0.326 e. The maximum Gasteiger partial charge on any atom is 0.326 e. The minimum Gasteiger partial charge on any atom is -0.480 e. The van der Waals surface area contributed by atoms with Crippen LogP contribution in [0.2, 0.25) is 0 Å². The van der Waals surface area contributed by atoms with Gasteiger partial charge in [-0.05, 0) is 56.0 Å². The van der Waals surface area contributed by atoms with Crippen molar-refractivity contribution >= 4 is 45.5 Å². The Morgan fingerprint density at radius 2 is 1.22 bits per heavy atom. The van der Waals surface area contributed by atoms with E-state index in [9.17, 15) is 29.4 Å². The lowest BCUT2D eigenvalue weighted by Crippen LogP contribution is -2.59. The van der Waals surface area contributed by atoms with Crippen LogP contribution in [0.25, 0.3) is 21.8 Å². The standard InChI is InChI=1S/C32H41N7O6/c1-18(40)28(34)31(43)39-27(15-20-17-36-24-11-5-3-9-22(20)24)30(42)38-26(14-19-16-35-23-10-4-2-8-21(19)23)29(41)37-25(32(44)45)12-6-7-13-33/h2-5,8-11,16-18,25-28,35-36,40H,6-7,12-15,33-34H2,1H3,(H,37,41)(H,38,42)(H,39,43)(H,44,45). The molecule has 0 fully saturated rings. The first kappa shape index (κ1) is 33.2. The van der Waals surface area contributed by atoms with Crippen molar-refractivity contribution in [2.75, 3.05) is 6.54 Å². The van der Waals surface area contributed by atoms with Crippen LogP contribution in [0.4, 0.5) is 0 Å². The lowest BCUT2D eigenvalue weighted by Gasteiger charge is -2.25. The molecular formula is C32H41N7O6. The molecule has 4 rings (SSSR count). The number of aliphatic carboxylic acids is 1. The fraction of sp³-hybridized carbons (Fsp3) is 0.375. The first-order valence-electron chi connectivity index (χ1n) is 15.0. The summed E-state index contributed by atoms with van der Waals surface area (Å²) in [4.78, 5) is 58.8. The topological polar surface area (TPSA) is 228 Å². The summed E-state index contributed by atoms with van der Waals surface area (Å²) in [5.74, 6) is -3.31. The number of hydrogen-bond donors (Lipinski definition) is 9. The number of unbranched alkanes of at least 4 members (excludes halogenated alkanes) is 1. The van der Waals surface area contributed by atoms with Crippen molar-refractivity contribution in [3.8, 4) is 0 Å². The van der Waals surface area contributed by atoms with E-state index in [2.05, 4.69) is 25.9 Å². The lowest BCUT2D eigenvalue weighted by molar-refractivity contribution is -0.142. The number of rotatable bonds is 16. The number of carbonyl (C=O) groups excluding carboxylic acids is 3. The Labute approximate surface area is 260 Å². The molecule has 0 spiro atoms. The summed E-state index contributed by atoms with van der Waals surface area (Å²) in [6, 6.07) is 10.1. The van der Waals surface area contributed by atoms with Crippen LogP contribution in [0, 0.1) is 0 Å². The zero-order valence-electron chi connectivity index (χ0n) is 25.1. The highest BCUT2D eigenvalue weighted by Crippen LogP contribution is 2.21. The number of para-hydroxylation sites is 2. The highest BCUT2D eigenvalue weighted by atomic mass is 16.4. The largest absolute Gasteiger partial charge is 0.480 e. The van der Waals surface area contributed by atoms with Gasteiger partial charge in [-0.2, -0.15) is 0 Å². The lowest BCUT2D eigenvalue weighted by atomic mass is 10.0. The van der Waals surface area contributed by atoms with E-state index in [1.807, 2.05) is 48.5 Å². The van der Waals surface area contributed by atoms with Crippen LogP contribution in [-0.4, -0.2) is 80.7 Å². The van der Waals surface area contributed by atoms with Crippen molar-refractivity contribution in [1.29, 1.82) is 0 Å². The summed E-state index contributed by atoms with van der Waals surface area (Å²) in [5, 5.41) is 29.3. The van der Waals surface area contributed by atoms with Crippen LogP contribution in [0.3, 0.4) is 0 Å². The summed E-state index contributed by atoms with van der Waals surface area (Å²) in [5.41, 5.74) is 14.6. The summed E-state index contributed by atoms with van der Waals surface area (Å²) < 4.78 is 0. The molecule has 2 aromatic heterocycles. The molecule has 0 aliphatic rings. The summed E-state index contributed by atoms with van der Waals surface area (Å²) in [6.07, 6.45) is 3.65. The molecule has 3 amide bonds. The van der Waals surface area contributed by atoms with Gasteiger partial charge in [0.1, 0.15) is 24.2 Å². The van der Waals surface area contributed by atoms with E-state index >= 15 is 0 Å². The van der Waals surface area contributed by atoms with Crippen LogP contribution < -0.4 is 27.4 Å². The second kappa shape index (κ2) is 15.3. The highest BCUT2D eigenvalue weighted by Gasteiger charge is 2.32. The molecule has 11 N–H and O–H groups in total. The average Bonchev–Trinajstić information content (AvgIpc) is 3.63. The molecular weight excluding hydrogens is 578 g/mol. The van der Waals surface area contributed by atoms with Crippen molar-refractivity contribution in [2.24, 2.45) is 11.5 Å². The molecule has 0 saturated heterocycles. The molecule has 13 nitrogen and oxygen atoms in total. The predicted molar refractivity (Wildman–Crippen MR) is 170 cm³/mol. The second-order valence-electron chi connectivity index (χ2n) is 11.2. The number of H-pyrrole nitrogens is 2. The third kappa shape index (κ3) is 8.47. The van der Waals surface area contributed by atoms with Gasteiger partial charge in [0.05, 0.1) is 6.10 Å². The van der Waals surface area contributed by atoms with Gasteiger partial charge < -0.3 is 47.6 Å². The van der Waals surface area contributed by atoms with Gasteiger partial charge in [0.15, 0.2) is 0 Å². The molecule has 2 aromatic carbocycles. The van der Waals surface area contributed by atoms with Gasteiger partial charge >= 0.3 is 5.97 Å². The van der Waals surface area contributed by atoms with E-state index in [4.69, 9.17) is 11.5 Å². The van der Waals surface area contributed by atoms with Crippen molar-refractivity contribution in [1.82, 2.24) is 25.9 Å². The molecule has 240 valence electrons. The Kier molecular flexibility index (Phi) is 11.3. The number of aromatic nitrogens is 2. The number of aliphatic hydroxyl groups is 1. The zero-order chi connectivity index (χ0) is 32.5. The van der Waals surface area contributed by atoms with E-state index in [1.54, 1.807) is 12.4 Å². The van der Waals surface area contributed by atoms with Gasteiger partial charge in [0, 0.05) is 47.0 Å². The van der Waals surface area contributed by atoms with Crippen molar-refractivity contribution in [2.45, 2.75) is 69.3 Å². The number of amides is 3. The number of carbonyl (C=O) groups is 4. The number of fused-ring (bicyclic) bond motifs is 2. The van der Waals surface area contributed by atoms with Crippen molar-refractivity contribution in [3.63, 3.8) is 0 Å². The first-order chi connectivity index (χ1) is 21.6. The number of benzene rings is 2. The van der Waals surface area contributed by atoms with E-state index in [0.29, 0.717) is 19.4 Å². The van der Waals surface area contributed by atoms with Crippen LogP contribution in [0.15, 0.2) is 60.9 Å². The van der Waals surface area contributed by atoms with Gasteiger partial charge in [-0.15, -0.1) is 0 Å². The average molecular weight is 620 g/mol. The molecule has 5 unspecified atom stereocenters. The molecule has 5 atom stereocenters. The minimum atomic E-state index is -1.29. The van der Waals surface area contributed by atoms with Crippen LogP contribution in [0.5, 0.6) is 0 Å². The Morgan fingerprint density at radius 1 is 0.756 bits per heavy atom. The molecule has 0 aliphatic carbocycles. The maximum atomic E-state index is 13.9. The fourth-order valence-corrected chi connectivity index (χ4v) is 5.24. The number of hydrogen-bond acceptors (Lipinski definition) is 7. The number of nitrogens with one attached hydrogen (secondary N) is 5. The number of aliphatic hydroxyl groups excluding tert-OH is 1. The Hall–Kier alpha value is -4.72. The molecule has 13 heteroatoms. The van der Waals surface area contributed by atoms with E-state index in [-0.39, 0.29) is 19.3 Å². The van der Waals surface area contributed by atoms with E-state index < -0.39 is 54.0 Å². The molecule has 45 heavy (non-hydrogen) atoms. The molecule has 0 saturated carbocycles. The monoisotopic (exact) mass is 619 g/mol. The Balaban J connectivity index is 1.63. The summed E-state index contributed by atoms with van der Waals surface area (Å²) in [6.45, 7) is 1.76. The highest BCUT2D eigenvalue weighted by molar-refractivity contribution is 5.95. The Morgan fingerprint density at radius 3 is 1.69 bits per heavy atom. The summed E-state index contributed by atoms with van der Waals surface area (Å²) >= 11 is 0. The van der Waals surface area contributed by atoms with Crippen molar-refractivity contribution < 1.29 is 29.4 Å². The third-order valence-electron chi connectivity index (χ3n) is 7.85. The van der Waals surface area contributed by atoms with Gasteiger partial charge in [0.2, 0.25) is 17.7 Å². The Bertz CT molecular complexity index is 1630. The van der Waals surface area contributed by atoms with Crippen molar-refractivity contribution in [3.05, 3.63) is 72.1 Å². The van der Waals surface area contributed by atoms with Gasteiger partial charge in [0.25, 0.3) is 0 Å². The normalized spacial score (nSPS) is 14.8. The van der Waals surface area contributed by atoms with E-state index in [0.717, 1.165) is 32.9 Å². The van der Waals surface area contributed by atoms with Gasteiger partial charge in [-0.1, -0.05) is 36.4 Å². The predicted octanol–water partition coefficient (Wildman–Crippen LogP) is 0.811. The minimum absolute atomic E-state index is 0.0394. The quantitative estimate of drug-likeness (QED) is 0.0813. The number of nitrogens with two attached hydrogens (primary N) is 2. The number of aromatic amines is 2. The fourth-order valence-electron chi connectivity index (χ4n) is 5.24. The zero-order valence-corrected chi connectivity index (χ0v) is 25.1. The van der Waals surface area contributed by atoms with Gasteiger partial charge in [-0.3, -0.25) is 14.4 Å². The first-order valence-corrected chi connectivity index (χ1v) is 15.0. The van der Waals surface area contributed by atoms with Crippen LogP contribution in [0.1, 0.15) is 37.3 Å². The van der Waals surface area contributed by atoms with Crippen LogP contribution in [-0.2, 0) is 32.0 Å². The molecule has 0 radical (unpaired) electrons. The maximum absolute atomic E-state index is 13.9. The molecule has 4 aromatic rings. The SMILES string of the molecule is CC(O)C(N)C(=O)NC(Cc1c[nH]c2ccccc12)C(=O)NC(Cc1c[nH]c2ccccc12)C(=O)NC(CCCCN)C(=O)O. The molecule has 2 heterocycles. The number of carboxylic acid groups (broad SMARTS) is 1. The molecule has 0 bridgehead atoms. The van der Waals surface area contributed by atoms with E-state index in [1.165, 1.54) is 6.92 Å². The summed E-state index contributed by atoms with van der Waals surface area (Å²) in [7, 11) is 0. The third-order valence-corrected chi connectivity index (χ3v) is 7.85. The van der Waals surface area contributed by atoms with Crippen LogP contribution >= 0.6 is 0 Å². The molecule has 0 aliphatic heterocycles. The second-order valence-corrected chi connectivity index (χ2v) is 11.2.